The van der Waals surface area contributed by atoms with Crippen LogP contribution in [0.1, 0.15) is 46.9 Å². The van der Waals surface area contributed by atoms with Gasteiger partial charge in [-0.1, -0.05) is 41.5 Å². The number of hydrogen-bond donors (Lipinski definition) is 1. The summed E-state index contributed by atoms with van der Waals surface area (Å²) in [6.45, 7) is 21.9. The Balaban J connectivity index is 2.20. The van der Waals surface area contributed by atoms with E-state index in [-0.39, 0.29) is 32.5 Å². The van der Waals surface area contributed by atoms with Crippen molar-refractivity contribution in [1.29, 1.82) is 0 Å². The number of thioether (sulfide) groups is 1. The van der Waals surface area contributed by atoms with E-state index >= 15 is 0 Å². The summed E-state index contributed by atoms with van der Waals surface area (Å²) in [5.41, 5.74) is 7.03. The van der Waals surface area contributed by atoms with Crippen LogP contribution in [0.25, 0.3) is 11.2 Å². The Morgan fingerprint density at radius 3 is 2.06 bits per heavy atom. The van der Waals surface area contributed by atoms with Gasteiger partial charge in [-0.2, -0.15) is 9.97 Å². The molecule has 1 saturated heterocycles. The number of ether oxygens (including phenoxy) is 1. The first-order valence-corrected chi connectivity index (χ1v) is 19.2. The van der Waals surface area contributed by atoms with E-state index in [4.69, 9.17) is 30.9 Å². The van der Waals surface area contributed by atoms with Crippen LogP contribution in [0.4, 0.5) is 5.82 Å². The van der Waals surface area contributed by atoms with E-state index in [0.29, 0.717) is 11.2 Å². The Labute approximate surface area is 225 Å². The molecule has 202 valence electrons. The standard InChI is InChI=1S/C23H40ClN5O4SSi2/c1-22(2,3)35(8,9)32-14-15(33-36(10,11)23(4,5)6)19(34-16(14)20(30)31-7)29-12-26-13-17(25)27-21(24)28-18(13)29/h12,14-16,19H,1-11H3,(H2,25,27,28). The fourth-order valence-corrected chi connectivity index (χ4v) is 8.05. The van der Waals surface area contributed by atoms with Crippen LogP contribution in [0.5, 0.6) is 0 Å². The normalized spacial score (nSPS) is 23.9. The monoisotopic (exact) mass is 573 g/mol. The topological polar surface area (TPSA) is 114 Å². The minimum Gasteiger partial charge on any atom is -0.468 e. The lowest BCUT2D eigenvalue weighted by Gasteiger charge is -2.44. The van der Waals surface area contributed by atoms with Crippen molar-refractivity contribution in [3.8, 4) is 0 Å². The van der Waals surface area contributed by atoms with E-state index < -0.39 is 34.1 Å². The van der Waals surface area contributed by atoms with Crippen LogP contribution in [0.3, 0.4) is 0 Å². The minimum atomic E-state index is -2.30. The molecule has 3 rings (SSSR count). The van der Waals surface area contributed by atoms with Gasteiger partial charge in [0.15, 0.2) is 28.1 Å². The van der Waals surface area contributed by atoms with Crippen molar-refractivity contribution >= 4 is 62.9 Å². The number of nitrogen functional groups attached to an aromatic ring is 1. The van der Waals surface area contributed by atoms with Gasteiger partial charge in [-0.15, -0.1) is 11.8 Å². The van der Waals surface area contributed by atoms with E-state index in [1.807, 2.05) is 4.57 Å². The average Bonchev–Trinajstić information content (AvgIpc) is 3.27. The zero-order valence-corrected chi connectivity index (χ0v) is 26.7. The third kappa shape index (κ3) is 5.48. The SMILES string of the molecule is COC(=O)C1SC(n2cnc3c(N)nc(Cl)nc32)C(O[Si](C)(C)C(C)(C)C)C1O[Si](C)(C)C(C)(C)C. The van der Waals surface area contributed by atoms with Gasteiger partial charge in [0.25, 0.3) is 0 Å². The number of methoxy groups -OCH3 is 1. The molecule has 0 aromatic carbocycles. The Kier molecular flexibility index (Phi) is 8.03. The van der Waals surface area contributed by atoms with Gasteiger partial charge in [-0.3, -0.25) is 9.36 Å². The summed E-state index contributed by atoms with van der Waals surface area (Å²) in [6.07, 6.45) is 0.686. The molecule has 4 atom stereocenters. The number of nitrogens with zero attached hydrogens (tertiary/aromatic N) is 4. The molecule has 3 heterocycles. The lowest BCUT2D eigenvalue weighted by molar-refractivity contribution is -0.142. The summed E-state index contributed by atoms with van der Waals surface area (Å²) >= 11 is 7.61. The Morgan fingerprint density at radius 2 is 1.56 bits per heavy atom. The number of nitrogens with two attached hydrogens (primary N) is 1. The number of hydrogen-bond acceptors (Lipinski definition) is 9. The van der Waals surface area contributed by atoms with Crippen molar-refractivity contribution in [2.24, 2.45) is 0 Å². The van der Waals surface area contributed by atoms with Crippen molar-refractivity contribution in [2.45, 2.75) is 101 Å². The summed E-state index contributed by atoms with van der Waals surface area (Å²) in [4.78, 5) is 26.0. The molecule has 2 N–H and O–H groups in total. The lowest BCUT2D eigenvalue weighted by atomic mass is 10.1. The van der Waals surface area contributed by atoms with Crippen molar-refractivity contribution in [3.63, 3.8) is 0 Å². The maximum Gasteiger partial charge on any atom is 0.321 e. The summed E-state index contributed by atoms with van der Waals surface area (Å²) in [5.74, 6) is -0.140. The van der Waals surface area contributed by atoms with Crippen LogP contribution >= 0.6 is 23.4 Å². The van der Waals surface area contributed by atoms with Gasteiger partial charge < -0.3 is 19.3 Å². The van der Waals surface area contributed by atoms with Gasteiger partial charge in [0, 0.05) is 0 Å². The molecule has 4 unspecified atom stereocenters. The van der Waals surface area contributed by atoms with Crippen LogP contribution in [0.15, 0.2) is 6.33 Å². The average molecular weight is 574 g/mol. The number of rotatable bonds is 6. The summed E-state index contributed by atoms with van der Waals surface area (Å²) in [5, 5.41) is -1.04. The highest BCUT2D eigenvalue weighted by molar-refractivity contribution is 8.01. The number of aromatic nitrogens is 4. The maximum atomic E-state index is 13.1. The Bertz CT molecular complexity index is 1130. The molecule has 0 spiro atoms. The zero-order chi connectivity index (χ0) is 27.4. The van der Waals surface area contributed by atoms with E-state index in [0.717, 1.165) is 0 Å². The highest BCUT2D eigenvalue weighted by atomic mass is 35.5. The summed E-state index contributed by atoms with van der Waals surface area (Å²) in [6, 6.07) is 0. The van der Waals surface area contributed by atoms with Crippen LogP contribution < -0.4 is 5.73 Å². The van der Waals surface area contributed by atoms with Gasteiger partial charge in [0.1, 0.15) is 22.2 Å². The van der Waals surface area contributed by atoms with Gasteiger partial charge in [0.2, 0.25) is 5.28 Å². The molecule has 2 aromatic heterocycles. The van der Waals surface area contributed by atoms with Crippen LogP contribution in [0.2, 0.25) is 41.5 Å². The van der Waals surface area contributed by atoms with Gasteiger partial charge in [0.05, 0.1) is 19.5 Å². The smallest absolute Gasteiger partial charge is 0.321 e. The van der Waals surface area contributed by atoms with Crippen molar-refractivity contribution in [3.05, 3.63) is 11.6 Å². The third-order valence-electron chi connectivity index (χ3n) is 7.79. The van der Waals surface area contributed by atoms with Gasteiger partial charge in [-0.25, -0.2) is 4.98 Å². The van der Waals surface area contributed by atoms with E-state index in [9.17, 15) is 4.79 Å². The second-order valence-electron chi connectivity index (χ2n) is 12.4. The quantitative estimate of drug-likeness (QED) is 0.266. The van der Waals surface area contributed by atoms with E-state index in [1.54, 1.807) is 6.33 Å². The van der Waals surface area contributed by atoms with Crippen LogP contribution in [-0.4, -0.2) is 66.7 Å². The molecule has 0 amide bonds. The summed E-state index contributed by atoms with van der Waals surface area (Å²) in [7, 11) is -3.19. The molecule has 36 heavy (non-hydrogen) atoms. The first-order valence-electron chi connectivity index (χ1n) is 12.1. The van der Waals surface area contributed by atoms with Crippen LogP contribution in [0, 0.1) is 0 Å². The van der Waals surface area contributed by atoms with Crippen LogP contribution in [-0.2, 0) is 18.4 Å². The molecule has 2 aromatic rings. The van der Waals surface area contributed by atoms with Crippen molar-refractivity contribution in [1.82, 2.24) is 19.5 Å². The molecule has 1 fully saturated rings. The second-order valence-corrected chi connectivity index (χ2v) is 23.5. The third-order valence-corrected chi connectivity index (χ3v) is 18.4. The first kappa shape index (κ1) is 29.4. The molecule has 0 saturated carbocycles. The number of imidazole rings is 1. The number of esters is 1. The molecule has 0 radical (unpaired) electrons. The molecule has 1 aliphatic rings. The summed E-state index contributed by atoms with van der Waals surface area (Å²) < 4.78 is 21.1. The van der Waals surface area contributed by atoms with Gasteiger partial charge >= 0.3 is 5.97 Å². The van der Waals surface area contributed by atoms with Gasteiger partial charge in [-0.05, 0) is 47.9 Å². The Morgan fingerprint density at radius 1 is 1.03 bits per heavy atom. The molecular weight excluding hydrogens is 534 g/mol. The highest BCUT2D eigenvalue weighted by Gasteiger charge is 2.56. The number of halogens is 1. The number of carbonyl (C=O) groups is 1. The first-order chi connectivity index (χ1) is 16.3. The van der Waals surface area contributed by atoms with Crippen molar-refractivity contribution < 1.29 is 18.4 Å². The molecule has 0 aliphatic carbocycles. The fraction of sp³-hybridized carbons (Fsp3) is 0.739. The lowest BCUT2D eigenvalue weighted by Crippen LogP contribution is -2.54. The van der Waals surface area contributed by atoms with E-state index in [1.165, 1.54) is 18.9 Å². The highest BCUT2D eigenvalue weighted by Crippen LogP contribution is 2.51. The number of carbonyl (C=O) groups excluding carboxylic acids is 1. The molecule has 1 aliphatic heterocycles. The van der Waals surface area contributed by atoms with Crippen molar-refractivity contribution in [2.75, 3.05) is 12.8 Å². The fourth-order valence-electron chi connectivity index (χ4n) is 3.55. The predicted molar refractivity (Wildman–Crippen MR) is 151 cm³/mol. The maximum absolute atomic E-state index is 13.1. The molecule has 0 bridgehead atoms. The molecular formula is C23H40ClN5O4SSi2. The molecule has 13 heteroatoms. The van der Waals surface area contributed by atoms with E-state index in [2.05, 4.69) is 82.7 Å². The molecule has 9 nitrogen and oxygen atoms in total. The minimum absolute atomic E-state index is 0.0326. The predicted octanol–water partition coefficient (Wildman–Crippen LogP) is 5.63. The Hall–Kier alpha value is -1.19. The number of fused-ring (bicyclic) bond motifs is 1. The largest absolute Gasteiger partial charge is 0.468 e. The zero-order valence-electron chi connectivity index (χ0n) is 23.2. The second kappa shape index (κ2) is 9.84. The number of anilines is 1.